The van der Waals surface area contributed by atoms with Crippen molar-refractivity contribution in [2.24, 2.45) is 5.92 Å². The van der Waals surface area contributed by atoms with Crippen LogP contribution in [0.3, 0.4) is 0 Å². The third-order valence-electron chi connectivity index (χ3n) is 5.04. The van der Waals surface area contributed by atoms with Gasteiger partial charge in [0.1, 0.15) is 32.0 Å². The van der Waals surface area contributed by atoms with E-state index in [0.29, 0.717) is 19.1 Å². The van der Waals surface area contributed by atoms with Crippen LogP contribution in [0, 0.1) is 5.92 Å². The molecule has 0 aliphatic rings. The van der Waals surface area contributed by atoms with E-state index >= 15 is 0 Å². The zero-order chi connectivity index (χ0) is 30.1. The minimum atomic E-state index is -4.66. The van der Waals surface area contributed by atoms with Gasteiger partial charge >= 0.3 is 50.3 Å². The number of hydrogen-bond donors (Lipinski definition) is 3. The number of carbonyl (C=O) groups excluding carboxylic acids is 3. The van der Waals surface area contributed by atoms with E-state index in [2.05, 4.69) is 5.32 Å². The standard InChI is InChI=1S/C21H41NO14S2Si.Na/c1-15(21(27)36-12-18(24)14-38(28,29)30)13-37-16(2)20(26)22-9-19(25)35-11-17(23)10-34-7-6-8-39(31-3,32-4)33-5;/h15-18,23-24H,6-14H2,1-5H3,(H,22,26)(H,28,29,30);/q;+1/p-1. The fourth-order valence-electron chi connectivity index (χ4n) is 2.79. The van der Waals surface area contributed by atoms with Crippen molar-refractivity contribution in [3.8, 4) is 0 Å². The van der Waals surface area contributed by atoms with E-state index in [1.807, 2.05) is 0 Å². The Morgan fingerprint density at radius 3 is 2.10 bits per heavy atom. The SMILES string of the molecule is CO[Si](CCCOCC(O)COC(=O)CNC(=O)C(C)SCC(C)C(=O)OCC(O)CS(=O)(=O)[O-])(OC)OC.[Na+]. The second-order valence-electron chi connectivity index (χ2n) is 8.41. The van der Waals surface area contributed by atoms with Gasteiger partial charge in [0.25, 0.3) is 0 Å². The second kappa shape index (κ2) is 22.2. The molecule has 0 aromatic heterocycles. The molecule has 0 fully saturated rings. The van der Waals surface area contributed by atoms with E-state index in [1.165, 1.54) is 28.3 Å². The average molecular weight is 646 g/mol. The number of rotatable bonds is 22. The molecule has 0 aliphatic carbocycles. The number of amides is 1. The molecule has 19 heteroatoms. The van der Waals surface area contributed by atoms with Gasteiger partial charge in [-0.3, -0.25) is 14.4 Å². The number of nitrogens with one attached hydrogen (secondary N) is 1. The average Bonchev–Trinajstić information content (AvgIpc) is 2.88. The van der Waals surface area contributed by atoms with Gasteiger partial charge in [0.05, 0.1) is 33.6 Å². The molecule has 0 heterocycles. The zero-order valence-electron chi connectivity index (χ0n) is 23.8. The monoisotopic (exact) mass is 645 g/mol. The maximum absolute atomic E-state index is 12.2. The molecule has 0 radical (unpaired) electrons. The molecule has 1 amide bonds. The van der Waals surface area contributed by atoms with Gasteiger partial charge in [0.2, 0.25) is 5.91 Å². The number of ether oxygens (including phenoxy) is 3. The fraction of sp³-hybridized carbons (Fsp3) is 0.857. The summed E-state index contributed by atoms with van der Waals surface area (Å²) >= 11 is 1.10. The van der Waals surface area contributed by atoms with Crippen LogP contribution in [0.25, 0.3) is 0 Å². The van der Waals surface area contributed by atoms with Gasteiger partial charge in [-0.15, -0.1) is 11.8 Å². The van der Waals surface area contributed by atoms with E-state index < -0.39 is 79.0 Å². The molecule has 0 saturated heterocycles. The summed E-state index contributed by atoms with van der Waals surface area (Å²) in [5.74, 6) is -3.59. The molecule has 0 aliphatic heterocycles. The molecule has 4 unspecified atom stereocenters. The Morgan fingerprint density at radius 2 is 1.55 bits per heavy atom. The summed E-state index contributed by atoms with van der Waals surface area (Å²) in [7, 11) is -2.81. The Balaban J connectivity index is 0. The molecule has 40 heavy (non-hydrogen) atoms. The molecule has 0 aromatic rings. The first-order chi connectivity index (χ1) is 18.2. The summed E-state index contributed by atoms with van der Waals surface area (Å²) in [4.78, 5) is 36.0. The Bertz CT molecular complexity index is 841. The normalized spacial score (nSPS) is 14.8. The van der Waals surface area contributed by atoms with Gasteiger partial charge in [-0.05, 0) is 13.3 Å². The van der Waals surface area contributed by atoms with Gasteiger partial charge in [0, 0.05) is 39.7 Å². The summed E-state index contributed by atoms with van der Waals surface area (Å²) < 4.78 is 62.7. The molecule has 0 saturated carbocycles. The maximum atomic E-state index is 12.2. The first kappa shape index (κ1) is 41.8. The summed E-state index contributed by atoms with van der Waals surface area (Å²) in [6, 6.07) is 0.531. The van der Waals surface area contributed by atoms with Crippen LogP contribution in [-0.2, 0) is 52.0 Å². The van der Waals surface area contributed by atoms with Crippen molar-refractivity contribution < 1.29 is 94.6 Å². The molecule has 4 atom stereocenters. The molecule has 0 rings (SSSR count). The van der Waals surface area contributed by atoms with Crippen LogP contribution in [0.4, 0.5) is 0 Å². The van der Waals surface area contributed by atoms with Crippen LogP contribution in [0.15, 0.2) is 0 Å². The number of esters is 2. The second-order valence-corrected chi connectivity index (χ2v) is 14.3. The number of thioether (sulfide) groups is 1. The van der Waals surface area contributed by atoms with Crippen molar-refractivity contribution in [2.45, 2.75) is 43.8 Å². The van der Waals surface area contributed by atoms with Crippen LogP contribution in [-0.4, -0.2) is 133 Å². The number of carbonyl (C=O) groups is 3. The topological polar surface area (TPSA) is 216 Å². The molecular formula is C21H40NNaO14S2Si. The quantitative estimate of drug-likeness (QED) is 0.0438. The zero-order valence-corrected chi connectivity index (χ0v) is 28.4. The van der Waals surface area contributed by atoms with Crippen molar-refractivity contribution in [1.29, 1.82) is 0 Å². The van der Waals surface area contributed by atoms with E-state index in [9.17, 15) is 37.6 Å². The third-order valence-corrected chi connectivity index (χ3v) is 10.1. The van der Waals surface area contributed by atoms with Gasteiger partial charge < -0.3 is 47.6 Å². The van der Waals surface area contributed by atoms with E-state index in [-0.39, 0.29) is 48.5 Å². The Kier molecular flexibility index (Phi) is 23.2. The Labute approximate surface area is 262 Å². The molecule has 0 aromatic carbocycles. The van der Waals surface area contributed by atoms with E-state index in [1.54, 1.807) is 6.92 Å². The molecule has 15 nitrogen and oxygen atoms in total. The van der Waals surface area contributed by atoms with Gasteiger partial charge in [-0.25, -0.2) is 8.42 Å². The predicted octanol–water partition coefficient (Wildman–Crippen LogP) is -4.50. The Hall–Kier alpha value is -0.353. The summed E-state index contributed by atoms with van der Waals surface area (Å²) in [5.41, 5.74) is 0. The van der Waals surface area contributed by atoms with Crippen molar-refractivity contribution in [1.82, 2.24) is 5.32 Å². The fourth-order valence-corrected chi connectivity index (χ4v) is 6.00. The summed E-state index contributed by atoms with van der Waals surface area (Å²) in [6.07, 6.45) is -2.11. The minimum Gasteiger partial charge on any atom is -0.748 e. The number of hydrogen-bond acceptors (Lipinski definition) is 15. The number of aliphatic hydroxyl groups is 2. The molecule has 0 bridgehead atoms. The first-order valence-electron chi connectivity index (χ1n) is 11.9. The van der Waals surface area contributed by atoms with Crippen LogP contribution in [0.1, 0.15) is 20.3 Å². The van der Waals surface area contributed by atoms with Crippen molar-refractivity contribution in [3.63, 3.8) is 0 Å². The smallest absolute Gasteiger partial charge is 0.748 e. The summed E-state index contributed by atoms with van der Waals surface area (Å²) in [6.45, 7) is 1.93. The number of aliphatic hydroxyl groups excluding tert-OH is 2. The molecule has 0 spiro atoms. The van der Waals surface area contributed by atoms with Gasteiger partial charge in [0.15, 0.2) is 0 Å². The van der Waals surface area contributed by atoms with Crippen LogP contribution in [0.5, 0.6) is 0 Å². The van der Waals surface area contributed by atoms with Gasteiger partial charge in [-0.1, -0.05) is 6.92 Å². The van der Waals surface area contributed by atoms with Crippen LogP contribution >= 0.6 is 11.8 Å². The molecule has 230 valence electrons. The Morgan fingerprint density at radius 1 is 0.975 bits per heavy atom. The van der Waals surface area contributed by atoms with Crippen molar-refractivity contribution in [2.75, 3.05) is 65.8 Å². The maximum Gasteiger partial charge on any atom is 1.00 e. The molecular weight excluding hydrogens is 605 g/mol. The predicted molar refractivity (Wildman–Crippen MR) is 140 cm³/mol. The van der Waals surface area contributed by atoms with E-state index in [4.69, 9.17) is 27.5 Å². The van der Waals surface area contributed by atoms with E-state index in [0.717, 1.165) is 11.8 Å². The summed E-state index contributed by atoms with van der Waals surface area (Å²) in [5, 5.41) is 21.1. The first-order valence-corrected chi connectivity index (χ1v) is 16.5. The minimum absolute atomic E-state index is 0. The van der Waals surface area contributed by atoms with Crippen LogP contribution < -0.4 is 34.9 Å². The van der Waals surface area contributed by atoms with Crippen LogP contribution in [0.2, 0.25) is 6.04 Å². The third kappa shape index (κ3) is 19.7. The van der Waals surface area contributed by atoms with Crippen molar-refractivity contribution >= 4 is 48.5 Å². The van der Waals surface area contributed by atoms with Crippen molar-refractivity contribution in [3.05, 3.63) is 0 Å². The largest absolute Gasteiger partial charge is 1.00 e. The van der Waals surface area contributed by atoms with Gasteiger partial charge in [-0.2, -0.15) is 0 Å². The molecule has 3 N–H and O–H groups in total.